The highest BCUT2D eigenvalue weighted by Crippen LogP contribution is 2.20. The van der Waals surface area contributed by atoms with Crippen LogP contribution in [0, 0.1) is 0 Å². The van der Waals surface area contributed by atoms with Gasteiger partial charge >= 0.3 is 0 Å². The van der Waals surface area contributed by atoms with Crippen LogP contribution in [0.15, 0.2) is 43.0 Å². The number of amides is 1. The third-order valence-corrected chi connectivity index (χ3v) is 3.65. The lowest BCUT2D eigenvalue weighted by Gasteiger charge is -2.29. The summed E-state index contributed by atoms with van der Waals surface area (Å²) < 4.78 is 5.49. The van der Waals surface area contributed by atoms with Crippen molar-refractivity contribution in [2.24, 2.45) is 0 Å². The van der Waals surface area contributed by atoms with Gasteiger partial charge < -0.3 is 15.4 Å². The molecule has 0 bridgehead atoms. The maximum atomic E-state index is 12.3. The monoisotopic (exact) mass is 334 g/mol. The van der Waals surface area contributed by atoms with Gasteiger partial charge in [0.05, 0.1) is 12.7 Å². The minimum absolute atomic E-state index is 0. The van der Waals surface area contributed by atoms with Crippen molar-refractivity contribution < 1.29 is 9.53 Å². The molecule has 1 fully saturated rings. The number of hydrogen-bond acceptors (Lipinski definition) is 5. The zero-order chi connectivity index (χ0) is 15.4. The van der Waals surface area contributed by atoms with Crippen LogP contribution in [-0.4, -0.2) is 41.2 Å². The first-order chi connectivity index (χ1) is 10.7. The van der Waals surface area contributed by atoms with Gasteiger partial charge in [0.2, 0.25) is 5.91 Å². The van der Waals surface area contributed by atoms with Crippen molar-refractivity contribution >= 4 is 24.0 Å². The van der Waals surface area contributed by atoms with Crippen LogP contribution in [0.4, 0.5) is 5.69 Å². The summed E-state index contributed by atoms with van der Waals surface area (Å²) in [6.45, 7) is 3.23. The molecule has 0 aliphatic carbocycles. The van der Waals surface area contributed by atoms with E-state index in [0.29, 0.717) is 13.2 Å². The minimum Gasteiger partial charge on any atom is -0.375 e. The summed E-state index contributed by atoms with van der Waals surface area (Å²) in [5.74, 6) is -0.0806. The Labute approximate surface area is 141 Å². The fraction of sp³-hybridized carbons (Fsp3) is 0.312. The number of anilines is 1. The van der Waals surface area contributed by atoms with E-state index >= 15 is 0 Å². The Hall–Kier alpha value is -2.02. The number of carbonyl (C=O) groups is 1. The van der Waals surface area contributed by atoms with E-state index in [4.69, 9.17) is 4.74 Å². The van der Waals surface area contributed by atoms with Crippen molar-refractivity contribution in [1.29, 1.82) is 0 Å². The van der Waals surface area contributed by atoms with Crippen LogP contribution in [0.1, 0.15) is 6.92 Å². The Morgan fingerprint density at radius 2 is 1.91 bits per heavy atom. The van der Waals surface area contributed by atoms with Gasteiger partial charge in [-0.05, 0) is 24.6 Å². The number of carbonyl (C=O) groups excluding carboxylic acids is 1. The molecular formula is C16H19ClN4O2. The van der Waals surface area contributed by atoms with E-state index in [-0.39, 0.29) is 30.5 Å². The number of nitrogens with one attached hydrogen (secondary N) is 2. The van der Waals surface area contributed by atoms with Gasteiger partial charge in [0, 0.05) is 30.2 Å². The highest BCUT2D eigenvalue weighted by atomic mass is 35.5. The molecule has 3 rings (SSSR count). The van der Waals surface area contributed by atoms with Gasteiger partial charge in [-0.1, -0.05) is 12.1 Å². The number of nitrogens with zero attached hydrogens (tertiary/aromatic N) is 2. The first kappa shape index (κ1) is 17.3. The van der Waals surface area contributed by atoms with Crippen molar-refractivity contribution in [3.63, 3.8) is 0 Å². The number of halogens is 1. The topological polar surface area (TPSA) is 76.1 Å². The smallest absolute Gasteiger partial charge is 0.244 e. The van der Waals surface area contributed by atoms with Gasteiger partial charge in [0.15, 0.2) is 0 Å². The third kappa shape index (κ3) is 4.25. The molecule has 0 unspecified atom stereocenters. The fourth-order valence-corrected chi connectivity index (χ4v) is 2.44. The summed E-state index contributed by atoms with van der Waals surface area (Å²) in [4.78, 5) is 20.3. The van der Waals surface area contributed by atoms with E-state index in [2.05, 4.69) is 20.6 Å². The van der Waals surface area contributed by atoms with Gasteiger partial charge in [-0.15, -0.1) is 12.4 Å². The maximum absolute atomic E-state index is 12.3. The van der Waals surface area contributed by atoms with E-state index in [9.17, 15) is 4.79 Å². The minimum atomic E-state index is -0.323. The lowest BCUT2D eigenvalue weighted by Crippen LogP contribution is -2.53. The summed E-state index contributed by atoms with van der Waals surface area (Å²) in [5.41, 5.74) is 2.70. The summed E-state index contributed by atoms with van der Waals surface area (Å²) in [7, 11) is 0. The summed E-state index contributed by atoms with van der Waals surface area (Å²) in [6.07, 6.45) is 4.88. The Morgan fingerprint density at radius 3 is 2.57 bits per heavy atom. The Bertz CT molecular complexity index is 636. The second-order valence-corrected chi connectivity index (χ2v) is 5.20. The molecule has 1 amide bonds. The molecule has 6 nitrogen and oxygen atoms in total. The first-order valence-electron chi connectivity index (χ1n) is 7.25. The zero-order valence-electron chi connectivity index (χ0n) is 12.7. The van der Waals surface area contributed by atoms with Crippen molar-refractivity contribution in [2.45, 2.75) is 19.1 Å². The molecule has 1 aromatic heterocycles. The lowest BCUT2D eigenvalue weighted by atomic mass is 10.1. The molecule has 0 spiro atoms. The molecule has 122 valence electrons. The van der Waals surface area contributed by atoms with Gasteiger partial charge in [-0.3, -0.25) is 4.79 Å². The van der Waals surface area contributed by atoms with Gasteiger partial charge in [0.25, 0.3) is 0 Å². The second-order valence-electron chi connectivity index (χ2n) is 5.20. The molecule has 1 aliphatic rings. The van der Waals surface area contributed by atoms with Crippen LogP contribution in [-0.2, 0) is 9.53 Å². The van der Waals surface area contributed by atoms with Gasteiger partial charge in [0.1, 0.15) is 12.4 Å². The van der Waals surface area contributed by atoms with E-state index in [0.717, 1.165) is 16.8 Å². The molecule has 1 aromatic carbocycles. The van der Waals surface area contributed by atoms with Gasteiger partial charge in [-0.25, -0.2) is 9.97 Å². The summed E-state index contributed by atoms with van der Waals surface area (Å²) >= 11 is 0. The van der Waals surface area contributed by atoms with Crippen molar-refractivity contribution in [1.82, 2.24) is 15.3 Å². The normalized spacial score (nSPS) is 20.4. The summed E-state index contributed by atoms with van der Waals surface area (Å²) in [6, 6.07) is 7.28. The van der Waals surface area contributed by atoms with Crippen molar-refractivity contribution in [2.75, 3.05) is 18.5 Å². The lowest BCUT2D eigenvalue weighted by molar-refractivity contribution is -0.123. The molecule has 0 radical (unpaired) electrons. The van der Waals surface area contributed by atoms with E-state index < -0.39 is 0 Å². The predicted octanol–water partition coefficient (Wildman–Crippen LogP) is 1.88. The SMILES string of the molecule is C[C@H]1OCCN[C@@H]1C(=O)Nc1ccc(-c2cncnc2)cc1.Cl. The van der Waals surface area contributed by atoms with Crippen molar-refractivity contribution in [3.8, 4) is 11.1 Å². The van der Waals surface area contributed by atoms with Crippen molar-refractivity contribution in [3.05, 3.63) is 43.0 Å². The molecule has 2 aromatic rings. The molecular weight excluding hydrogens is 316 g/mol. The maximum Gasteiger partial charge on any atom is 0.244 e. The Balaban J connectivity index is 0.00000192. The van der Waals surface area contributed by atoms with Crippen LogP contribution in [0.3, 0.4) is 0 Å². The van der Waals surface area contributed by atoms with Crippen LogP contribution >= 0.6 is 12.4 Å². The average molecular weight is 335 g/mol. The molecule has 7 heteroatoms. The standard InChI is InChI=1S/C16H18N4O2.ClH/c1-11-15(19-6-7-22-11)16(21)20-14-4-2-12(3-5-14)13-8-17-10-18-9-13;/h2-5,8-11,15,19H,6-7H2,1H3,(H,20,21);1H/t11-,15+;/m1./s1. The number of morpholine rings is 1. The Morgan fingerprint density at radius 1 is 1.22 bits per heavy atom. The molecule has 23 heavy (non-hydrogen) atoms. The second kappa shape index (κ2) is 8.01. The molecule has 2 N–H and O–H groups in total. The number of ether oxygens (including phenoxy) is 1. The molecule has 0 saturated carbocycles. The number of aromatic nitrogens is 2. The fourth-order valence-electron chi connectivity index (χ4n) is 2.44. The van der Waals surface area contributed by atoms with E-state index in [1.54, 1.807) is 12.4 Å². The summed E-state index contributed by atoms with van der Waals surface area (Å²) in [5, 5.41) is 6.08. The predicted molar refractivity (Wildman–Crippen MR) is 90.6 cm³/mol. The van der Waals surface area contributed by atoms with Gasteiger partial charge in [-0.2, -0.15) is 0 Å². The quantitative estimate of drug-likeness (QED) is 0.896. The molecule has 2 heterocycles. The van der Waals surface area contributed by atoms with Crippen LogP contribution in [0.2, 0.25) is 0 Å². The number of benzene rings is 1. The molecule has 1 aliphatic heterocycles. The largest absolute Gasteiger partial charge is 0.375 e. The highest BCUT2D eigenvalue weighted by Gasteiger charge is 2.28. The zero-order valence-corrected chi connectivity index (χ0v) is 13.5. The molecule has 2 atom stereocenters. The Kier molecular flexibility index (Phi) is 6.04. The highest BCUT2D eigenvalue weighted by molar-refractivity contribution is 5.95. The van der Waals surface area contributed by atoms with E-state index in [1.165, 1.54) is 6.33 Å². The average Bonchev–Trinajstić information content (AvgIpc) is 2.57. The molecule has 1 saturated heterocycles. The van der Waals surface area contributed by atoms with Crippen LogP contribution < -0.4 is 10.6 Å². The van der Waals surface area contributed by atoms with Crippen LogP contribution in [0.5, 0.6) is 0 Å². The number of hydrogen-bond donors (Lipinski definition) is 2. The van der Waals surface area contributed by atoms with Crippen LogP contribution in [0.25, 0.3) is 11.1 Å². The van der Waals surface area contributed by atoms with E-state index in [1.807, 2.05) is 31.2 Å². The third-order valence-electron chi connectivity index (χ3n) is 3.65. The number of rotatable bonds is 3. The first-order valence-corrected chi connectivity index (χ1v) is 7.25.